The van der Waals surface area contributed by atoms with Crippen LogP contribution in [0.1, 0.15) is 22.3 Å². The van der Waals surface area contributed by atoms with Gasteiger partial charge in [0.15, 0.2) is 0 Å². The number of nitrogens with zero attached hydrogens (tertiary/aromatic N) is 4. The van der Waals surface area contributed by atoms with E-state index in [1.165, 1.54) is 49.4 Å². The lowest BCUT2D eigenvalue weighted by molar-refractivity contribution is 1.22. The zero-order valence-electron chi connectivity index (χ0n) is 24.2. The topological polar surface area (TPSA) is 51.6 Å². The maximum absolute atomic E-state index is 4.96. The molecule has 0 radical (unpaired) electrons. The molecule has 0 aliphatic heterocycles. The molecule has 0 fully saturated rings. The van der Waals surface area contributed by atoms with E-state index in [1.807, 2.05) is 43.1 Å². The van der Waals surface area contributed by atoms with E-state index in [4.69, 9.17) is 9.97 Å². The second-order valence-corrected chi connectivity index (χ2v) is 11.0. The van der Waals surface area contributed by atoms with Gasteiger partial charge in [-0.3, -0.25) is 19.9 Å². The molecule has 4 aromatic heterocycles. The predicted octanol–water partition coefficient (Wildman–Crippen LogP) is 9.47. The van der Waals surface area contributed by atoms with Gasteiger partial charge in [0.25, 0.3) is 0 Å². The Hall–Kier alpha value is -5.22. The van der Waals surface area contributed by atoms with Crippen molar-refractivity contribution in [2.75, 3.05) is 0 Å². The summed E-state index contributed by atoms with van der Waals surface area (Å²) in [5.41, 5.74) is 13.2. The molecule has 0 bridgehead atoms. The maximum Gasteiger partial charge on any atom is 0.0889 e. The Morgan fingerprint density at radius 3 is 1.48 bits per heavy atom. The van der Waals surface area contributed by atoms with Crippen LogP contribution in [0.2, 0.25) is 0 Å². The molecule has 0 saturated carbocycles. The first-order valence-corrected chi connectivity index (χ1v) is 14.2. The lowest BCUT2D eigenvalue weighted by Crippen LogP contribution is -1.97. The third kappa shape index (κ3) is 4.33. The van der Waals surface area contributed by atoms with Crippen LogP contribution in [0.5, 0.6) is 0 Å². The van der Waals surface area contributed by atoms with Gasteiger partial charge in [-0.2, -0.15) is 0 Å². The first-order chi connectivity index (χ1) is 20.5. The van der Waals surface area contributed by atoms with Gasteiger partial charge < -0.3 is 0 Å². The molecule has 0 N–H and O–H groups in total. The molecular formula is C38H30N4. The van der Waals surface area contributed by atoms with Crippen molar-refractivity contribution in [2.45, 2.75) is 27.7 Å². The minimum atomic E-state index is 0.886. The van der Waals surface area contributed by atoms with Gasteiger partial charge in [0.1, 0.15) is 0 Å². The molecule has 0 aliphatic rings. The van der Waals surface area contributed by atoms with Gasteiger partial charge in [-0.25, -0.2) is 0 Å². The smallest absolute Gasteiger partial charge is 0.0889 e. The van der Waals surface area contributed by atoms with Gasteiger partial charge in [-0.1, -0.05) is 48.5 Å². The fraction of sp³-hybridized carbons (Fsp3) is 0.105. The molecule has 7 aromatic rings. The molecule has 3 aromatic carbocycles. The fourth-order valence-corrected chi connectivity index (χ4v) is 6.07. The fourth-order valence-electron chi connectivity index (χ4n) is 6.07. The Labute approximate surface area is 245 Å². The number of aryl methyl sites for hydroxylation is 4. The van der Waals surface area contributed by atoms with E-state index in [0.717, 1.165) is 39.3 Å². The van der Waals surface area contributed by atoms with E-state index < -0.39 is 0 Å². The average molecular weight is 543 g/mol. The quantitative estimate of drug-likeness (QED) is 0.208. The second-order valence-electron chi connectivity index (χ2n) is 11.0. The van der Waals surface area contributed by atoms with Crippen molar-refractivity contribution in [3.8, 4) is 44.9 Å². The Bertz CT molecular complexity index is 2090. The van der Waals surface area contributed by atoms with E-state index in [1.54, 1.807) is 0 Å². The molecule has 42 heavy (non-hydrogen) atoms. The molecule has 0 aliphatic carbocycles. The standard InChI is InChI=1S/C38H30N4/c1-23-13-16-40-35(17-23)36-19-25(3)33(22-42-36)38-30-11-7-5-9-28(30)37(29-10-6-8-12-31(29)38)32-21-41-34(18-24(32)2)27-14-15-39-20-26(27)4/h5-22H,1-4H3. The average Bonchev–Trinajstić information content (AvgIpc) is 3.01. The normalized spacial score (nSPS) is 11.3. The van der Waals surface area contributed by atoms with Crippen LogP contribution in [-0.4, -0.2) is 19.9 Å². The highest BCUT2D eigenvalue weighted by molar-refractivity contribution is 6.21. The van der Waals surface area contributed by atoms with Crippen LogP contribution in [0, 0.1) is 27.7 Å². The molecule has 0 spiro atoms. The summed E-state index contributed by atoms with van der Waals surface area (Å²) in [6.07, 6.45) is 9.61. The number of rotatable bonds is 4. The van der Waals surface area contributed by atoms with Crippen molar-refractivity contribution in [1.29, 1.82) is 0 Å². The van der Waals surface area contributed by atoms with Crippen LogP contribution in [-0.2, 0) is 0 Å². The van der Waals surface area contributed by atoms with E-state index in [9.17, 15) is 0 Å². The molecular weight excluding hydrogens is 512 g/mol. The van der Waals surface area contributed by atoms with Gasteiger partial charge in [-0.15, -0.1) is 0 Å². The van der Waals surface area contributed by atoms with Crippen LogP contribution in [0.4, 0.5) is 0 Å². The zero-order chi connectivity index (χ0) is 28.8. The van der Waals surface area contributed by atoms with E-state index >= 15 is 0 Å². The Morgan fingerprint density at radius 1 is 0.429 bits per heavy atom. The summed E-state index contributed by atoms with van der Waals surface area (Å²) in [6, 6.07) is 27.9. The highest BCUT2D eigenvalue weighted by atomic mass is 14.8. The summed E-state index contributed by atoms with van der Waals surface area (Å²) in [6.45, 7) is 8.51. The van der Waals surface area contributed by atoms with Gasteiger partial charge in [-0.05, 0) is 113 Å². The van der Waals surface area contributed by atoms with Crippen molar-refractivity contribution >= 4 is 21.5 Å². The molecule has 0 amide bonds. The molecule has 4 heteroatoms. The third-order valence-corrected chi connectivity index (χ3v) is 8.17. The number of hydrogen-bond donors (Lipinski definition) is 0. The number of benzene rings is 3. The van der Waals surface area contributed by atoms with E-state index in [0.29, 0.717) is 0 Å². The Balaban J connectivity index is 1.46. The number of fused-ring (bicyclic) bond motifs is 2. The van der Waals surface area contributed by atoms with Gasteiger partial charge in [0, 0.05) is 47.7 Å². The Kier molecular flexibility index (Phi) is 6.32. The van der Waals surface area contributed by atoms with Crippen molar-refractivity contribution in [2.24, 2.45) is 0 Å². The van der Waals surface area contributed by atoms with Crippen molar-refractivity contribution in [3.05, 3.63) is 132 Å². The lowest BCUT2D eigenvalue weighted by atomic mass is 9.84. The monoisotopic (exact) mass is 542 g/mol. The SMILES string of the molecule is Cc1ccnc(-c2cc(C)c(-c3c4ccccc4c(-c4cnc(-c5ccncc5C)cc4C)c4ccccc34)cn2)c1. The summed E-state index contributed by atoms with van der Waals surface area (Å²) in [5, 5.41) is 4.80. The first kappa shape index (κ1) is 25.7. The van der Waals surface area contributed by atoms with Crippen molar-refractivity contribution in [1.82, 2.24) is 19.9 Å². The lowest BCUT2D eigenvalue weighted by Gasteiger charge is -2.20. The summed E-state index contributed by atoms with van der Waals surface area (Å²) in [5.74, 6) is 0. The van der Waals surface area contributed by atoms with Crippen LogP contribution in [0.15, 0.2) is 110 Å². The minimum Gasteiger partial charge on any atom is -0.264 e. The third-order valence-electron chi connectivity index (χ3n) is 8.17. The van der Waals surface area contributed by atoms with Crippen LogP contribution in [0.3, 0.4) is 0 Å². The van der Waals surface area contributed by atoms with Crippen LogP contribution in [0.25, 0.3) is 66.4 Å². The molecule has 0 unspecified atom stereocenters. The minimum absolute atomic E-state index is 0.886. The second kappa shape index (κ2) is 10.3. The van der Waals surface area contributed by atoms with Gasteiger partial charge in [0.2, 0.25) is 0 Å². The molecule has 0 atom stereocenters. The number of pyridine rings is 4. The van der Waals surface area contributed by atoms with Crippen molar-refractivity contribution in [3.63, 3.8) is 0 Å². The van der Waals surface area contributed by atoms with Gasteiger partial charge in [0.05, 0.1) is 17.1 Å². The van der Waals surface area contributed by atoms with Gasteiger partial charge >= 0.3 is 0 Å². The van der Waals surface area contributed by atoms with Crippen LogP contribution >= 0.6 is 0 Å². The molecule has 0 saturated heterocycles. The summed E-state index contributed by atoms with van der Waals surface area (Å²) in [7, 11) is 0. The van der Waals surface area contributed by atoms with E-state index in [2.05, 4.69) is 104 Å². The van der Waals surface area contributed by atoms with Crippen LogP contribution < -0.4 is 0 Å². The Morgan fingerprint density at radius 2 is 0.952 bits per heavy atom. The van der Waals surface area contributed by atoms with E-state index in [-0.39, 0.29) is 0 Å². The molecule has 4 heterocycles. The summed E-state index contributed by atoms with van der Waals surface area (Å²) in [4.78, 5) is 18.7. The molecule has 202 valence electrons. The van der Waals surface area contributed by atoms with Crippen molar-refractivity contribution < 1.29 is 0 Å². The largest absolute Gasteiger partial charge is 0.264 e. The molecule has 7 rings (SSSR count). The number of hydrogen-bond acceptors (Lipinski definition) is 4. The maximum atomic E-state index is 4.96. The first-order valence-electron chi connectivity index (χ1n) is 14.2. The highest BCUT2D eigenvalue weighted by Crippen LogP contribution is 2.45. The zero-order valence-corrected chi connectivity index (χ0v) is 24.2. The molecule has 4 nitrogen and oxygen atoms in total. The summed E-state index contributed by atoms with van der Waals surface area (Å²) < 4.78 is 0. The predicted molar refractivity (Wildman–Crippen MR) is 173 cm³/mol. The summed E-state index contributed by atoms with van der Waals surface area (Å²) >= 11 is 0. The highest BCUT2D eigenvalue weighted by Gasteiger charge is 2.20. The number of aromatic nitrogens is 4.